The van der Waals surface area contributed by atoms with Crippen LogP contribution in [0.4, 0.5) is 0 Å². The molecule has 0 saturated carbocycles. The minimum atomic E-state index is -0.154. The highest BCUT2D eigenvalue weighted by molar-refractivity contribution is 5.63. The first-order valence-electron chi connectivity index (χ1n) is 7.61. The van der Waals surface area contributed by atoms with E-state index in [4.69, 9.17) is 0 Å². The molecular weight excluding hydrogens is 278 g/mol. The standard InChI is InChI=1S/C16H21N5O/c1-9(2)12-6-5-11(8-17-12)15-19-16-18-13(10(3)4)7-14(22)21(16)20-15/h6-10,17H,5H2,1-4H3,(H,18,19,20). The van der Waals surface area contributed by atoms with E-state index in [9.17, 15) is 4.79 Å². The molecule has 0 unspecified atom stereocenters. The summed E-state index contributed by atoms with van der Waals surface area (Å²) in [7, 11) is 0. The molecular formula is C16H21N5O. The number of aromatic amines is 1. The van der Waals surface area contributed by atoms with Crippen LogP contribution < -0.4 is 10.9 Å². The molecule has 0 aliphatic carbocycles. The van der Waals surface area contributed by atoms with E-state index in [0.29, 0.717) is 17.5 Å². The Balaban J connectivity index is 1.97. The van der Waals surface area contributed by atoms with Gasteiger partial charge >= 0.3 is 0 Å². The number of nitrogens with zero attached hydrogens (tertiary/aromatic N) is 3. The Kier molecular flexibility index (Phi) is 3.60. The first-order valence-corrected chi connectivity index (χ1v) is 7.61. The van der Waals surface area contributed by atoms with E-state index in [1.54, 1.807) is 6.07 Å². The minimum Gasteiger partial charge on any atom is -0.365 e. The summed E-state index contributed by atoms with van der Waals surface area (Å²) in [5.41, 5.74) is 2.89. The van der Waals surface area contributed by atoms with Crippen LogP contribution in [-0.2, 0) is 0 Å². The molecule has 2 aromatic heterocycles. The zero-order chi connectivity index (χ0) is 15.9. The zero-order valence-corrected chi connectivity index (χ0v) is 13.3. The Morgan fingerprint density at radius 1 is 1.23 bits per heavy atom. The molecule has 1 aliphatic rings. The Bertz CT molecular complexity index is 823. The van der Waals surface area contributed by atoms with Gasteiger partial charge in [-0.1, -0.05) is 33.8 Å². The highest BCUT2D eigenvalue weighted by Gasteiger charge is 2.15. The first-order chi connectivity index (χ1) is 10.5. The Labute approximate surface area is 129 Å². The van der Waals surface area contributed by atoms with E-state index >= 15 is 0 Å². The average Bonchev–Trinajstić information content (AvgIpc) is 2.92. The third-order valence-electron chi connectivity index (χ3n) is 3.84. The summed E-state index contributed by atoms with van der Waals surface area (Å²) in [6.07, 6.45) is 4.84. The first kappa shape index (κ1) is 14.6. The number of aromatic nitrogens is 4. The van der Waals surface area contributed by atoms with Crippen molar-refractivity contribution in [3.8, 4) is 0 Å². The largest absolute Gasteiger partial charge is 0.365 e. The SMILES string of the molecule is CC(C)C1=CCC(c2nc3[nH]c(C(C)C)cc(=O)n3n2)=CN1. The summed E-state index contributed by atoms with van der Waals surface area (Å²) in [6, 6.07) is 1.58. The molecule has 0 spiro atoms. The maximum atomic E-state index is 12.1. The number of dihydropyridines is 1. The fourth-order valence-corrected chi connectivity index (χ4v) is 2.42. The summed E-state index contributed by atoms with van der Waals surface area (Å²) < 4.78 is 1.32. The van der Waals surface area contributed by atoms with Crippen molar-refractivity contribution in [2.75, 3.05) is 0 Å². The number of nitrogens with one attached hydrogen (secondary N) is 2. The zero-order valence-electron chi connectivity index (χ0n) is 13.3. The average molecular weight is 299 g/mol. The second-order valence-electron chi connectivity index (χ2n) is 6.22. The maximum absolute atomic E-state index is 12.1. The maximum Gasteiger partial charge on any atom is 0.275 e. The summed E-state index contributed by atoms with van der Waals surface area (Å²) in [4.78, 5) is 19.8. The Morgan fingerprint density at radius 3 is 2.59 bits per heavy atom. The van der Waals surface area contributed by atoms with Gasteiger partial charge in [0.1, 0.15) is 0 Å². The van der Waals surface area contributed by atoms with Crippen molar-refractivity contribution < 1.29 is 0 Å². The molecule has 0 aromatic carbocycles. The molecule has 1 aliphatic heterocycles. The highest BCUT2D eigenvalue weighted by Crippen LogP contribution is 2.21. The quantitative estimate of drug-likeness (QED) is 0.912. The normalized spacial score (nSPS) is 15.2. The van der Waals surface area contributed by atoms with Crippen molar-refractivity contribution >= 4 is 11.4 Å². The molecule has 0 fully saturated rings. The van der Waals surface area contributed by atoms with Gasteiger partial charge in [-0.15, -0.1) is 5.10 Å². The van der Waals surface area contributed by atoms with Crippen molar-refractivity contribution in [1.82, 2.24) is 24.9 Å². The lowest BCUT2D eigenvalue weighted by molar-refractivity contribution is 0.704. The van der Waals surface area contributed by atoms with E-state index in [0.717, 1.165) is 17.7 Å². The number of fused-ring (bicyclic) bond motifs is 1. The third-order valence-corrected chi connectivity index (χ3v) is 3.84. The number of hydrogen-bond donors (Lipinski definition) is 2. The number of H-pyrrole nitrogens is 1. The van der Waals surface area contributed by atoms with Gasteiger partial charge in [-0.2, -0.15) is 9.50 Å². The molecule has 22 heavy (non-hydrogen) atoms. The second kappa shape index (κ2) is 5.44. The van der Waals surface area contributed by atoms with Crippen molar-refractivity contribution in [3.05, 3.63) is 45.9 Å². The lowest BCUT2D eigenvalue weighted by Crippen LogP contribution is -2.17. The summed E-state index contributed by atoms with van der Waals surface area (Å²) >= 11 is 0. The molecule has 0 radical (unpaired) electrons. The summed E-state index contributed by atoms with van der Waals surface area (Å²) in [5.74, 6) is 1.78. The van der Waals surface area contributed by atoms with Gasteiger partial charge in [-0.05, 0) is 18.3 Å². The van der Waals surface area contributed by atoms with Crippen molar-refractivity contribution in [3.63, 3.8) is 0 Å². The molecule has 2 N–H and O–H groups in total. The minimum absolute atomic E-state index is 0.154. The fourth-order valence-electron chi connectivity index (χ4n) is 2.42. The van der Waals surface area contributed by atoms with Gasteiger partial charge in [0.25, 0.3) is 5.56 Å². The van der Waals surface area contributed by atoms with Gasteiger partial charge in [0, 0.05) is 29.2 Å². The van der Waals surface area contributed by atoms with E-state index in [1.165, 1.54) is 10.2 Å². The van der Waals surface area contributed by atoms with Gasteiger partial charge in [-0.25, -0.2) is 0 Å². The number of rotatable bonds is 3. The predicted octanol–water partition coefficient (Wildman–Crippen LogP) is 2.42. The number of allylic oxidation sites excluding steroid dienone is 3. The lowest BCUT2D eigenvalue weighted by Gasteiger charge is -2.16. The number of hydrogen-bond acceptors (Lipinski definition) is 4. The second-order valence-corrected chi connectivity index (χ2v) is 6.22. The van der Waals surface area contributed by atoms with Crippen LogP contribution in [0, 0.1) is 5.92 Å². The van der Waals surface area contributed by atoms with E-state index in [-0.39, 0.29) is 11.5 Å². The van der Waals surface area contributed by atoms with Crippen LogP contribution >= 0.6 is 0 Å². The van der Waals surface area contributed by atoms with Crippen LogP contribution in [-0.4, -0.2) is 19.6 Å². The van der Waals surface area contributed by atoms with Crippen LogP contribution in [0.15, 0.2) is 28.8 Å². The lowest BCUT2D eigenvalue weighted by atomic mass is 10.0. The van der Waals surface area contributed by atoms with E-state index < -0.39 is 0 Å². The molecule has 0 atom stereocenters. The predicted molar refractivity (Wildman–Crippen MR) is 86.3 cm³/mol. The van der Waals surface area contributed by atoms with Crippen LogP contribution in [0.25, 0.3) is 11.4 Å². The van der Waals surface area contributed by atoms with Crippen LogP contribution in [0.3, 0.4) is 0 Å². The summed E-state index contributed by atoms with van der Waals surface area (Å²) in [6.45, 7) is 8.36. The van der Waals surface area contributed by atoms with Gasteiger partial charge < -0.3 is 10.3 Å². The molecule has 0 saturated heterocycles. The van der Waals surface area contributed by atoms with Crippen LogP contribution in [0.5, 0.6) is 0 Å². The van der Waals surface area contributed by atoms with Crippen molar-refractivity contribution in [1.29, 1.82) is 0 Å². The topological polar surface area (TPSA) is 75.1 Å². The molecule has 6 nitrogen and oxygen atoms in total. The molecule has 3 heterocycles. The molecule has 0 bridgehead atoms. The Hall–Kier alpha value is -2.37. The van der Waals surface area contributed by atoms with Gasteiger partial charge in [0.15, 0.2) is 5.82 Å². The van der Waals surface area contributed by atoms with E-state index in [2.05, 4.69) is 40.3 Å². The van der Waals surface area contributed by atoms with Crippen molar-refractivity contribution in [2.24, 2.45) is 5.92 Å². The van der Waals surface area contributed by atoms with Crippen molar-refractivity contribution in [2.45, 2.75) is 40.0 Å². The monoisotopic (exact) mass is 299 g/mol. The Morgan fingerprint density at radius 2 is 2.00 bits per heavy atom. The van der Waals surface area contributed by atoms with Gasteiger partial charge in [0.05, 0.1) is 0 Å². The fraction of sp³-hybridized carbons (Fsp3) is 0.438. The van der Waals surface area contributed by atoms with E-state index in [1.807, 2.05) is 20.0 Å². The molecule has 2 aromatic rings. The molecule has 116 valence electrons. The van der Waals surface area contributed by atoms with Crippen LogP contribution in [0.2, 0.25) is 0 Å². The van der Waals surface area contributed by atoms with Crippen LogP contribution in [0.1, 0.15) is 51.6 Å². The summed E-state index contributed by atoms with van der Waals surface area (Å²) in [5, 5.41) is 7.61. The van der Waals surface area contributed by atoms with Gasteiger partial charge in [0.2, 0.25) is 5.78 Å². The third kappa shape index (κ3) is 2.56. The molecule has 3 rings (SSSR count). The molecule has 0 amide bonds. The molecule has 6 heteroatoms. The highest BCUT2D eigenvalue weighted by atomic mass is 16.1. The smallest absolute Gasteiger partial charge is 0.275 e. The van der Waals surface area contributed by atoms with Gasteiger partial charge in [-0.3, -0.25) is 4.79 Å².